The van der Waals surface area contributed by atoms with E-state index in [1.165, 1.54) is 66.3 Å². The largest absolute Gasteiger partial charge is 0.454 e. The SMILES string of the molecule is CC(=O)Nc1cc(Oc2ccc(NC(=O)c3cc(-c4ccc(F)cc4)n4nccc4n3)cc2F)ccn1. The maximum absolute atomic E-state index is 14.8. The van der Waals surface area contributed by atoms with Gasteiger partial charge in [-0.2, -0.15) is 5.10 Å². The summed E-state index contributed by atoms with van der Waals surface area (Å²) in [6.45, 7) is 1.34. The molecular weight excluding hydrogens is 482 g/mol. The predicted octanol–water partition coefficient (Wildman–Crippen LogP) is 5.07. The highest BCUT2D eigenvalue weighted by atomic mass is 19.1. The zero-order valence-corrected chi connectivity index (χ0v) is 19.3. The van der Waals surface area contributed by atoms with Crippen LogP contribution >= 0.6 is 0 Å². The molecule has 0 unspecified atom stereocenters. The summed E-state index contributed by atoms with van der Waals surface area (Å²) >= 11 is 0. The fraction of sp³-hybridized carbons (Fsp3) is 0.0385. The first-order valence-electron chi connectivity index (χ1n) is 11.0. The molecule has 0 spiro atoms. The van der Waals surface area contributed by atoms with Gasteiger partial charge >= 0.3 is 0 Å². The average molecular weight is 500 g/mol. The molecule has 37 heavy (non-hydrogen) atoms. The van der Waals surface area contributed by atoms with E-state index in [0.717, 1.165) is 6.07 Å². The van der Waals surface area contributed by atoms with Crippen LogP contribution < -0.4 is 15.4 Å². The Morgan fingerprint density at radius 1 is 0.919 bits per heavy atom. The van der Waals surface area contributed by atoms with Crippen molar-refractivity contribution in [2.75, 3.05) is 10.6 Å². The Bertz CT molecular complexity index is 1640. The van der Waals surface area contributed by atoms with Crippen molar-refractivity contribution in [3.8, 4) is 22.8 Å². The van der Waals surface area contributed by atoms with E-state index in [2.05, 4.69) is 25.7 Å². The van der Waals surface area contributed by atoms with Crippen molar-refractivity contribution >= 4 is 29.0 Å². The molecular formula is C26H18F2N6O3. The van der Waals surface area contributed by atoms with Gasteiger partial charge < -0.3 is 15.4 Å². The lowest BCUT2D eigenvalue weighted by Crippen LogP contribution is -2.15. The summed E-state index contributed by atoms with van der Waals surface area (Å²) in [7, 11) is 0. The van der Waals surface area contributed by atoms with Gasteiger partial charge in [-0.25, -0.2) is 23.3 Å². The molecule has 2 aromatic carbocycles. The number of nitrogens with one attached hydrogen (secondary N) is 2. The van der Waals surface area contributed by atoms with Crippen LogP contribution in [0.1, 0.15) is 17.4 Å². The van der Waals surface area contributed by atoms with Gasteiger partial charge in [0.2, 0.25) is 5.91 Å². The van der Waals surface area contributed by atoms with Crippen molar-refractivity contribution in [2.45, 2.75) is 6.92 Å². The molecule has 9 nitrogen and oxygen atoms in total. The Kier molecular flexibility index (Phi) is 6.25. The minimum atomic E-state index is -0.720. The quantitative estimate of drug-likeness (QED) is 0.337. The molecule has 0 aliphatic heterocycles. The van der Waals surface area contributed by atoms with E-state index in [0.29, 0.717) is 16.9 Å². The average Bonchev–Trinajstić information content (AvgIpc) is 3.34. The third kappa shape index (κ3) is 5.25. The van der Waals surface area contributed by atoms with Crippen LogP contribution in [0.3, 0.4) is 0 Å². The van der Waals surface area contributed by atoms with E-state index < -0.39 is 11.7 Å². The van der Waals surface area contributed by atoms with Crippen molar-refractivity contribution < 1.29 is 23.1 Å². The number of benzene rings is 2. The van der Waals surface area contributed by atoms with Crippen LogP contribution in [0.15, 0.2) is 79.1 Å². The van der Waals surface area contributed by atoms with Crippen molar-refractivity contribution in [3.05, 3.63) is 96.5 Å². The highest BCUT2D eigenvalue weighted by Crippen LogP contribution is 2.28. The molecule has 184 valence electrons. The maximum Gasteiger partial charge on any atom is 0.274 e. The summed E-state index contributed by atoms with van der Waals surface area (Å²) in [4.78, 5) is 32.5. The van der Waals surface area contributed by atoms with Gasteiger partial charge in [-0.1, -0.05) is 0 Å². The lowest BCUT2D eigenvalue weighted by molar-refractivity contribution is -0.114. The van der Waals surface area contributed by atoms with Crippen LogP contribution in [-0.4, -0.2) is 31.4 Å². The molecule has 0 aliphatic carbocycles. The highest BCUT2D eigenvalue weighted by molar-refractivity contribution is 6.03. The number of carbonyl (C=O) groups excluding carboxylic acids is 2. The first-order chi connectivity index (χ1) is 17.9. The summed E-state index contributed by atoms with van der Waals surface area (Å²) in [6, 6.07) is 15.8. The first kappa shape index (κ1) is 23.5. The van der Waals surface area contributed by atoms with Crippen LogP contribution in [0.4, 0.5) is 20.3 Å². The molecule has 0 radical (unpaired) electrons. The van der Waals surface area contributed by atoms with E-state index in [1.54, 1.807) is 18.2 Å². The lowest BCUT2D eigenvalue weighted by atomic mass is 10.1. The molecule has 0 aliphatic rings. The third-order valence-electron chi connectivity index (χ3n) is 5.19. The second-order valence-corrected chi connectivity index (χ2v) is 7.89. The number of nitrogens with zero attached hydrogens (tertiary/aromatic N) is 4. The Morgan fingerprint density at radius 3 is 2.49 bits per heavy atom. The van der Waals surface area contributed by atoms with Gasteiger partial charge in [-0.3, -0.25) is 9.59 Å². The third-order valence-corrected chi connectivity index (χ3v) is 5.19. The Morgan fingerprint density at radius 2 is 1.73 bits per heavy atom. The monoisotopic (exact) mass is 500 g/mol. The molecule has 3 heterocycles. The number of hydrogen-bond acceptors (Lipinski definition) is 6. The smallest absolute Gasteiger partial charge is 0.274 e. The normalized spacial score (nSPS) is 10.8. The van der Waals surface area contributed by atoms with Gasteiger partial charge in [0.1, 0.15) is 23.1 Å². The molecule has 0 bridgehead atoms. The van der Waals surface area contributed by atoms with Gasteiger partial charge in [-0.15, -0.1) is 0 Å². The number of halogens is 2. The number of rotatable bonds is 6. The second kappa shape index (κ2) is 9.82. The summed E-state index contributed by atoms with van der Waals surface area (Å²) in [5.74, 6) is -1.55. The lowest BCUT2D eigenvalue weighted by Gasteiger charge is -2.11. The van der Waals surface area contributed by atoms with E-state index in [4.69, 9.17) is 4.74 Å². The number of pyridine rings is 1. The number of amides is 2. The number of hydrogen-bond donors (Lipinski definition) is 2. The minimum absolute atomic E-state index is 0.0651. The van der Waals surface area contributed by atoms with Gasteiger partial charge in [-0.05, 0) is 48.5 Å². The zero-order chi connectivity index (χ0) is 25.9. The van der Waals surface area contributed by atoms with Crippen LogP contribution in [0.25, 0.3) is 16.9 Å². The van der Waals surface area contributed by atoms with E-state index >= 15 is 0 Å². The minimum Gasteiger partial charge on any atom is -0.454 e. The topological polar surface area (TPSA) is 111 Å². The van der Waals surface area contributed by atoms with Crippen molar-refractivity contribution in [1.82, 2.24) is 19.6 Å². The van der Waals surface area contributed by atoms with Crippen LogP contribution in [0.2, 0.25) is 0 Å². The number of carbonyl (C=O) groups is 2. The van der Waals surface area contributed by atoms with E-state index in [-0.39, 0.29) is 40.4 Å². The standard InChI is InChI=1S/C26H18F2N6O3/c1-15(35)31-24-13-19(8-10-29-24)37-23-7-6-18(12-20(23)28)32-26(36)21-14-22(16-2-4-17(27)5-3-16)34-25(33-21)9-11-30-34/h2-14H,1H3,(H,32,36)(H,29,31,35). The molecule has 2 amide bonds. The Balaban J connectivity index is 1.36. The predicted molar refractivity (Wildman–Crippen MR) is 131 cm³/mol. The number of ether oxygens (including phenoxy) is 1. The van der Waals surface area contributed by atoms with Crippen molar-refractivity contribution in [3.63, 3.8) is 0 Å². The van der Waals surface area contributed by atoms with Crippen molar-refractivity contribution in [1.29, 1.82) is 0 Å². The zero-order valence-electron chi connectivity index (χ0n) is 19.3. The molecule has 5 aromatic rings. The maximum atomic E-state index is 14.8. The van der Waals surface area contributed by atoms with Gasteiger partial charge in [0.05, 0.1) is 11.9 Å². The first-order valence-corrected chi connectivity index (χ1v) is 11.0. The van der Waals surface area contributed by atoms with Gasteiger partial charge in [0, 0.05) is 42.6 Å². The molecule has 0 fully saturated rings. The second-order valence-electron chi connectivity index (χ2n) is 7.89. The van der Waals surface area contributed by atoms with Crippen LogP contribution in [-0.2, 0) is 4.79 Å². The molecule has 11 heteroatoms. The fourth-order valence-corrected chi connectivity index (χ4v) is 3.56. The van der Waals surface area contributed by atoms with E-state index in [9.17, 15) is 18.4 Å². The highest BCUT2D eigenvalue weighted by Gasteiger charge is 2.16. The molecule has 2 N–H and O–H groups in total. The van der Waals surface area contributed by atoms with Gasteiger partial charge in [0.25, 0.3) is 5.91 Å². The molecule has 5 rings (SSSR count). The van der Waals surface area contributed by atoms with E-state index in [1.807, 2.05) is 0 Å². The van der Waals surface area contributed by atoms with Gasteiger partial charge in [0.15, 0.2) is 17.2 Å². The van der Waals surface area contributed by atoms with Crippen LogP contribution in [0.5, 0.6) is 11.5 Å². The fourth-order valence-electron chi connectivity index (χ4n) is 3.56. The molecule has 3 aromatic heterocycles. The summed E-state index contributed by atoms with van der Waals surface area (Å²) in [6.07, 6.45) is 2.95. The summed E-state index contributed by atoms with van der Waals surface area (Å²) in [5.41, 5.74) is 1.83. The van der Waals surface area contributed by atoms with Crippen LogP contribution in [0, 0.1) is 11.6 Å². The summed E-state index contributed by atoms with van der Waals surface area (Å²) in [5, 5.41) is 9.36. The number of fused-ring (bicyclic) bond motifs is 1. The Labute approximate surface area is 208 Å². The summed E-state index contributed by atoms with van der Waals surface area (Å²) < 4.78 is 35.3. The van der Waals surface area contributed by atoms with Crippen molar-refractivity contribution in [2.24, 2.45) is 0 Å². The Hall–Kier alpha value is -5.19. The molecule has 0 saturated heterocycles. The number of aromatic nitrogens is 4. The number of anilines is 2. The molecule has 0 saturated carbocycles. The molecule has 0 atom stereocenters.